The van der Waals surface area contributed by atoms with Crippen molar-refractivity contribution in [1.82, 2.24) is 5.32 Å². The Morgan fingerprint density at radius 2 is 1.81 bits per heavy atom. The van der Waals surface area contributed by atoms with Gasteiger partial charge in [-0.1, -0.05) is 54.1 Å². The molecule has 1 amide bonds. The van der Waals surface area contributed by atoms with Gasteiger partial charge in [0.1, 0.15) is 12.4 Å². The normalized spacial score (nSPS) is 14.2. The van der Waals surface area contributed by atoms with Crippen LogP contribution in [-0.4, -0.2) is 34.0 Å². The average molecular weight is 523 g/mol. The highest BCUT2D eigenvalue weighted by Crippen LogP contribution is 2.43. The first-order valence-corrected chi connectivity index (χ1v) is 13.3. The Hall–Kier alpha value is -3.55. The number of ether oxygens (including phenoxy) is 1. The fourth-order valence-electron chi connectivity index (χ4n) is 4.07. The first-order valence-electron chi connectivity index (χ1n) is 11.5. The van der Waals surface area contributed by atoms with Gasteiger partial charge in [-0.25, -0.2) is 8.42 Å². The lowest BCUT2D eigenvalue weighted by Crippen LogP contribution is -2.42. The van der Waals surface area contributed by atoms with Crippen LogP contribution in [0.3, 0.4) is 0 Å². The second-order valence-corrected chi connectivity index (χ2v) is 10.6. The molecule has 0 saturated heterocycles. The van der Waals surface area contributed by atoms with Crippen LogP contribution in [0.2, 0.25) is 5.02 Å². The smallest absolute Gasteiger partial charge is 0.270 e. The van der Waals surface area contributed by atoms with Gasteiger partial charge in [0.15, 0.2) is 4.91 Å². The van der Waals surface area contributed by atoms with Crippen LogP contribution >= 0.6 is 11.6 Å². The first kappa shape index (κ1) is 25.5. The van der Waals surface area contributed by atoms with Crippen molar-refractivity contribution in [3.63, 3.8) is 0 Å². The summed E-state index contributed by atoms with van der Waals surface area (Å²) in [6, 6.07) is 19.7. The average Bonchev–Trinajstić information content (AvgIpc) is 2.85. The number of carbonyl (C=O) groups excluding carboxylic acids is 1. The van der Waals surface area contributed by atoms with Gasteiger partial charge in [0.05, 0.1) is 18.8 Å². The molecule has 0 fully saturated rings. The van der Waals surface area contributed by atoms with Crippen LogP contribution in [0.5, 0.6) is 5.75 Å². The molecule has 0 aromatic heterocycles. The third-order valence-electron chi connectivity index (χ3n) is 5.97. The predicted molar refractivity (Wildman–Crippen MR) is 145 cm³/mol. The highest BCUT2D eigenvalue weighted by atomic mass is 35.5. The molecule has 6 nitrogen and oxygen atoms in total. The summed E-state index contributed by atoms with van der Waals surface area (Å²) >= 11 is 6.31. The Balaban J connectivity index is 1.71. The third-order valence-corrected chi connectivity index (χ3v) is 8.04. The maximum atomic E-state index is 13.8. The van der Waals surface area contributed by atoms with Gasteiger partial charge in [0, 0.05) is 16.2 Å². The summed E-state index contributed by atoms with van der Waals surface area (Å²) in [5, 5.41) is 3.16. The number of hydrogen-bond acceptors (Lipinski definition) is 4. The number of hydrogen-bond donors (Lipinski definition) is 1. The zero-order valence-electron chi connectivity index (χ0n) is 20.1. The summed E-state index contributed by atoms with van der Waals surface area (Å²) < 4.78 is 34.5. The van der Waals surface area contributed by atoms with E-state index in [9.17, 15) is 13.2 Å². The number of amides is 1. The van der Waals surface area contributed by atoms with Crippen molar-refractivity contribution in [2.75, 3.05) is 24.0 Å². The number of sulfonamides is 1. The van der Waals surface area contributed by atoms with E-state index in [1.807, 2.05) is 38.1 Å². The lowest BCUT2D eigenvalue weighted by molar-refractivity contribution is -0.116. The summed E-state index contributed by atoms with van der Waals surface area (Å²) in [5.74, 6) is -0.0280. The van der Waals surface area contributed by atoms with Gasteiger partial charge in [-0.05, 0) is 60.9 Å². The molecule has 1 aliphatic heterocycles. The summed E-state index contributed by atoms with van der Waals surface area (Å²) in [6.45, 7) is 8.01. The summed E-state index contributed by atoms with van der Waals surface area (Å²) in [4.78, 5) is 13.1. The van der Waals surface area contributed by atoms with E-state index in [1.165, 1.54) is 10.4 Å². The minimum Gasteiger partial charge on any atom is -0.492 e. The zero-order valence-corrected chi connectivity index (χ0v) is 21.7. The molecular weight excluding hydrogens is 496 g/mol. The zero-order chi connectivity index (χ0) is 25.9. The van der Waals surface area contributed by atoms with Gasteiger partial charge < -0.3 is 10.1 Å². The SMILES string of the molecule is C=CCN1c2ccc(Cl)cc2C(c2ccccc2)=C(C(=O)NCCOc2ccc(C)c(C)c2)S1(=O)=O. The number of halogens is 1. The molecule has 0 unspecified atom stereocenters. The number of rotatable bonds is 8. The van der Waals surface area contributed by atoms with E-state index < -0.39 is 15.9 Å². The Morgan fingerprint density at radius 3 is 2.50 bits per heavy atom. The maximum absolute atomic E-state index is 13.8. The Labute approximate surface area is 216 Å². The van der Waals surface area contributed by atoms with Crippen molar-refractivity contribution in [1.29, 1.82) is 0 Å². The van der Waals surface area contributed by atoms with Gasteiger partial charge >= 0.3 is 0 Å². The fraction of sp³-hybridized carbons (Fsp3) is 0.179. The molecule has 36 heavy (non-hydrogen) atoms. The van der Waals surface area contributed by atoms with Gasteiger partial charge in [-0.3, -0.25) is 9.10 Å². The molecule has 1 N–H and O–H groups in total. The topological polar surface area (TPSA) is 75.7 Å². The molecule has 186 valence electrons. The molecule has 0 aliphatic carbocycles. The van der Waals surface area contributed by atoms with Gasteiger partial charge in [0.2, 0.25) is 0 Å². The lowest BCUT2D eigenvalue weighted by Gasteiger charge is -2.33. The van der Waals surface area contributed by atoms with E-state index >= 15 is 0 Å². The van der Waals surface area contributed by atoms with E-state index in [2.05, 4.69) is 11.9 Å². The fourth-order valence-corrected chi connectivity index (χ4v) is 5.97. The second-order valence-electron chi connectivity index (χ2n) is 8.41. The molecule has 0 radical (unpaired) electrons. The number of nitrogens with zero attached hydrogens (tertiary/aromatic N) is 1. The Kier molecular flexibility index (Phi) is 7.52. The molecule has 1 heterocycles. The van der Waals surface area contributed by atoms with E-state index in [0.717, 1.165) is 11.1 Å². The van der Waals surface area contributed by atoms with Crippen LogP contribution in [-0.2, 0) is 14.8 Å². The maximum Gasteiger partial charge on any atom is 0.270 e. The molecule has 3 aromatic carbocycles. The van der Waals surface area contributed by atoms with Crippen LogP contribution in [0.25, 0.3) is 5.57 Å². The van der Waals surface area contributed by atoms with Crippen molar-refractivity contribution < 1.29 is 17.9 Å². The van der Waals surface area contributed by atoms with E-state index in [0.29, 0.717) is 33.2 Å². The quantitative estimate of drug-likeness (QED) is 0.324. The molecule has 0 atom stereocenters. The number of benzene rings is 3. The molecule has 0 spiro atoms. The van der Waals surface area contributed by atoms with Crippen molar-refractivity contribution in [2.24, 2.45) is 0 Å². The Bertz CT molecular complexity index is 1450. The first-order chi connectivity index (χ1) is 17.2. The molecular formula is C28H27ClN2O4S. The summed E-state index contributed by atoms with van der Waals surface area (Å²) in [7, 11) is -4.20. The Morgan fingerprint density at radius 1 is 1.06 bits per heavy atom. The van der Waals surface area contributed by atoms with E-state index in [-0.39, 0.29) is 24.6 Å². The number of anilines is 1. The van der Waals surface area contributed by atoms with Crippen molar-refractivity contribution in [3.8, 4) is 5.75 Å². The van der Waals surface area contributed by atoms with Crippen LogP contribution in [0, 0.1) is 13.8 Å². The minimum absolute atomic E-state index is 0.00566. The minimum atomic E-state index is -4.20. The highest BCUT2D eigenvalue weighted by molar-refractivity contribution is 7.97. The largest absolute Gasteiger partial charge is 0.492 e. The summed E-state index contributed by atoms with van der Waals surface area (Å²) in [6.07, 6.45) is 1.48. The van der Waals surface area contributed by atoms with Crippen LogP contribution in [0.1, 0.15) is 22.3 Å². The summed E-state index contributed by atoms with van der Waals surface area (Å²) in [5.41, 5.74) is 4.15. The van der Waals surface area contributed by atoms with Crippen LogP contribution < -0.4 is 14.4 Å². The van der Waals surface area contributed by atoms with Gasteiger partial charge in [-0.15, -0.1) is 6.58 Å². The molecule has 4 rings (SSSR count). The number of carbonyl (C=O) groups is 1. The van der Waals surface area contributed by atoms with Crippen molar-refractivity contribution in [2.45, 2.75) is 13.8 Å². The molecule has 0 saturated carbocycles. The number of fused-ring (bicyclic) bond motifs is 1. The van der Waals surface area contributed by atoms with Crippen LogP contribution in [0.4, 0.5) is 5.69 Å². The molecule has 1 aliphatic rings. The van der Waals surface area contributed by atoms with Crippen molar-refractivity contribution >= 4 is 38.8 Å². The molecule has 3 aromatic rings. The van der Waals surface area contributed by atoms with E-state index in [1.54, 1.807) is 42.5 Å². The predicted octanol–water partition coefficient (Wildman–Crippen LogP) is 5.25. The lowest BCUT2D eigenvalue weighted by atomic mass is 9.95. The van der Waals surface area contributed by atoms with E-state index in [4.69, 9.17) is 16.3 Å². The second kappa shape index (κ2) is 10.6. The van der Waals surface area contributed by atoms with Gasteiger partial charge in [0.25, 0.3) is 15.9 Å². The third kappa shape index (κ3) is 5.03. The highest BCUT2D eigenvalue weighted by Gasteiger charge is 2.40. The molecule has 0 bridgehead atoms. The number of nitrogens with one attached hydrogen (secondary N) is 1. The monoisotopic (exact) mass is 522 g/mol. The molecule has 8 heteroatoms. The van der Waals surface area contributed by atoms with Crippen molar-refractivity contribution in [3.05, 3.63) is 112 Å². The van der Waals surface area contributed by atoms with Gasteiger partial charge in [-0.2, -0.15) is 0 Å². The number of aryl methyl sites for hydroxylation is 2. The standard InChI is InChI=1S/C28H27ClN2O4S/c1-4-15-31-25-13-11-22(29)18-24(25)26(21-8-6-5-7-9-21)27(36(31,33)34)28(32)30-14-16-35-23-12-10-19(2)20(3)17-23/h4-13,17-18H,1,14-16H2,2-3H3,(H,30,32). The van der Waals surface area contributed by atoms with Crippen LogP contribution in [0.15, 0.2) is 84.3 Å².